The van der Waals surface area contributed by atoms with E-state index in [0.717, 1.165) is 0 Å². The molecule has 1 rings (SSSR count). The van der Waals surface area contributed by atoms with Crippen LogP contribution in [0.25, 0.3) is 0 Å². The van der Waals surface area contributed by atoms with Gasteiger partial charge in [-0.1, -0.05) is 0 Å². The van der Waals surface area contributed by atoms with Crippen LogP contribution < -0.4 is 9.47 Å². The third kappa shape index (κ3) is 2.47. The van der Waals surface area contributed by atoms with Gasteiger partial charge in [-0.15, -0.1) is 0 Å². The molecule has 0 bridgehead atoms. The van der Waals surface area contributed by atoms with Crippen molar-refractivity contribution < 1.29 is 19.4 Å². The SMILES string of the molecule is COc1cc(OC)cc(C(C)(O)C=O)c1. The number of rotatable bonds is 4. The number of hydrogen-bond acceptors (Lipinski definition) is 4. The van der Waals surface area contributed by atoms with E-state index in [9.17, 15) is 9.90 Å². The van der Waals surface area contributed by atoms with Crippen molar-refractivity contribution in [2.75, 3.05) is 14.2 Å². The average molecular weight is 210 g/mol. The molecule has 0 aliphatic rings. The molecule has 4 nitrogen and oxygen atoms in total. The van der Waals surface area contributed by atoms with E-state index in [1.807, 2.05) is 0 Å². The van der Waals surface area contributed by atoms with Gasteiger partial charge < -0.3 is 14.6 Å². The molecule has 1 aromatic carbocycles. The summed E-state index contributed by atoms with van der Waals surface area (Å²) in [5.74, 6) is 1.07. The third-order valence-corrected chi connectivity index (χ3v) is 2.17. The van der Waals surface area contributed by atoms with E-state index in [-0.39, 0.29) is 0 Å². The van der Waals surface area contributed by atoms with Crippen molar-refractivity contribution in [1.82, 2.24) is 0 Å². The molecule has 0 aliphatic carbocycles. The standard InChI is InChI=1S/C11H14O4/c1-11(13,7-12)8-4-9(14-2)6-10(5-8)15-3/h4-7,13H,1-3H3. The predicted octanol–water partition coefficient (Wildman–Crippen LogP) is 1.11. The molecule has 82 valence electrons. The Morgan fingerprint density at radius 3 is 2.00 bits per heavy atom. The van der Waals surface area contributed by atoms with Crippen molar-refractivity contribution in [2.24, 2.45) is 0 Å². The Morgan fingerprint density at radius 2 is 1.67 bits per heavy atom. The monoisotopic (exact) mass is 210 g/mol. The molecule has 0 radical (unpaired) electrons. The van der Waals surface area contributed by atoms with Crippen molar-refractivity contribution in [1.29, 1.82) is 0 Å². The highest BCUT2D eigenvalue weighted by atomic mass is 16.5. The summed E-state index contributed by atoms with van der Waals surface area (Å²) < 4.78 is 10.1. The minimum atomic E-state index is -1.53. The van der Waals surface area contributed by atoms with Crippen LogP contribution in [0, 0.1) is 0 Å². The van der Waals surface area contributed by atoms with Crippen molar-refractivity contribution in [3.05, 3.63) is 23.8 Å². The molecular weight excluding hydrogens is 196 g/mol. The maximum Gasteiger partial charge on any atom is 0.155 e. The Hall–Kier alpha value is -1.55. The first kappa shape index (κ1) is 11.5. The van der Waals surface area contributed by atoms with Gasteiger partial charge in [-0.05, 0) is 24.6 Å². The zero-order chi connectivity index (χ0) is 11.5. The number of ether oxygens (including phenoxy) is 2. The van der Waals surface area contributed by atoms with Gasteiger partial charge in [0.2, 0.25) is 0 Å². The molecule has 1 unspecified atom stereocenters. The Morgan fingerprint density at radius 1 is 1.20 bits per heavy atom. The summed E-state index contributed by atoms with van der Waals surface area (Å²) in [6, 6.07) is 4.86. The van der Waals surface area contributed by atoms with E-state index in [4.69, 9.17) is 9.47 Å². The van der Waals surface area contributed by atoms with Crippen LogP contribution in [-0.2, 0) is 10.4 Å². The first-order chi connectivity index (χ1) is 7.03. The number of benzene rings is 1. The lowest BCUT2D eigenvalue weighted by Crippen LogP contribution is -2.22. The minimum Gasteiger partial charge on any atom is -0.497 e. The van der Waals surface area contributed by atoms with Crippen LogP contribution in [0.1, 0.15) is 12.5 Å². The maximum absolute atomic E-state index is 10.7. The van der Waals surface area contributed by atoms with Gasteiger partial charge in [0.15, 0.2) is 6.29 Å². The largest absolute Gasteiger partial charge is 0.497 e. The Balaban J connectivity index is 3.23. The average Bonchev–Trinajstić information content (AvgIpc) is 2.28. The first-order valence-electron chi connectivity index (χ1n) is 4.45. The Labute approximate surface area is 88.4 Å². The molecule has 0 saturated heterocycles. The molecule has 4 heteroatoms. The van der Waals surface area contributed by atoms with Crippen LogP contribution in [0.3, 0.4) is 0 Å². The second kappa shape index (κ2) is 4.31. The van der Waals surface area contributed by atoms with Gasteiger partial charge in [0.25, 0.3) is 0 Å². The number of aldehydes is 1. The zero-order valence-electron chi connectivity index (χ0n) is 8.98. The minimum absolute atomic E-state index is 0.439. The van der Waals surface area contributed by atoms with Crippen LogP contribution in [0.4, 0.5) is 0 Å². The van der Waals surface area contributed by atoms with Crippen molar-refractivity contribution in [2.45, 2.75) is 12.5 Å². The van der Waals surface area contributed by atoms with Gasteiger partial charge in [0, 0.05) is 6.07 Å². The molecule has 0 saturated carbocycles. The number of carbonyl (C=O) groups excluding carboxylic acids is 1. The maximum atomic E-state index is 10.7. The molecule has 1 aromatic rings. The quantitative estimate of drug-likeness (QED) is 0.756. The lowest BCUT2D eigenvalue weighted by molar-refractivity contribution is -0.123. The molecular formula is C11H14O4. The van der Waals surface area contributed by atoms with E-state index in [0.29, 0.717) is 23.3 Å². The molecule has 1 atom stereocenters. The molecule has 0 aromatic heterocycles. The second-order valence-electron chi connectivity index (χ2n) is 3.37. The summed E-state index contributed by atoms with van der Waals surface area (Å²) >= 11 is 0. The summed E-state index contributed by atoms with van der Waals surface area (Å²) in [5, 5.41) is 9.76. The molecule has 0 heterocycles. The fraction of sp³-hybridized carbons (Fsp3) is 0.364. The molecule has 0 amide bonds. The van der Waals surface area contributed by atoms with Crippen molar-refractivity contribution >= 4 is 6.29 Å². The highest BCUT2D eigenvalue weighted by Crippen LogP contribution is 2.28. The molecule has 0 aliphatic heterocycles. The van der Waals surface area contributed by atoms with E-state index >= 15 is 0 Å². The van der Waals surface area contributed by atoms with Gasteiger partial charge in [0.05, 0.1) is 14.2 Å². The highest BCUT2D eigenvalue weighted by Gasteiger charge is 2.23. The fourth-order valence-corrected chi connectivity index (χ4v) is 1.17. The topological polar surface area (TPSA) is 55.8 Å². The molecule has 0 spiro atoms. The smallest absolute Gasteiger partial charge is 0.155 e. The first-order valence-corrected chi connectivity index (χ1v) is 4.45. The lowest BCUT2D eigenvalue weighted by Gasteiger charge is -2.18. The molecule has 0 fully saturated rings. The summed E-state index contributed by atoms with van der Waals surface area (Å²) in [7, 11) is 3.02. The van der Waals surface area contributed by atoms with Crippen LogP contribution in [-0.4, -0.2) is 25.6 Å². The Bertz CT molecular complexity index is 335. The number of hydrogen-bond donors (Lipinski definition) is 1. The van der Waals surface area contributed by atoms with Gasteiger partial charge >= 0.3 is 0 Å². The summed E-state index contributed by atoms with van der Waals surface area (Å²) in [4.78, 5) is 10.7. The lowest BCUT2D eigenvalue weighted by atomic mass is 9.97. The van der Waals surface area contributed by atoms with Crippen molar-refractivity contribution in [3.8, 4) is 11.5 Å². The summed E-state index contributed by atoms with van der Waals surface area (Å²) in [5.41, 5.74) is -1.09. The molecule has 15 heavy (non-hydrogen) atoms. The number of aliphatic hydroxyl groups is 1. The second-order valence-corrected chi connectivity index (χ2v) is 3.37. The summed E-state index contributed by atoms with van der Waals surface area (Å²) in [6.45, 7) is 1.41. The molecule has 1 N–H and O–H groups in total. The van der Waals surface area contributed by atoms with Gasteiger partial charge in [-0.2, -0.15) is 0 Å². The van der Waals surface area contributed by atoms with Crippen LogP contribution >= 0.6 is 0 Å². The van der Waals surface area contributed by atoms with Crippen LogP contribution in [0.2, 0.25) is 0 Å². The van der Waals surface area contributed by atoms with Gasteiger partial charge in [-0.25, -0.2) is 0 Å². The Kier molecular flexibility index (Phi) is 3.31. The van der Waals surface area contributed by atoms with Crippen molar-refractivity contribution in [3.63, 3.8) is 0 Å². The van der Waals surface area contributed by atoms with Crippen LogP contribution in [0.15, 0.2) is 18.2 Å². The van der Waals surface area contributed by atoms with E-state index in [1.54, 1.807) is 18.2 Å². The predicted molar refractivity (Wildman–Crippen MR) is 55.2 cm³/mol. The number of carbonyl (C=O) groups is 1. The normalized spacial score (nSPS) is 14.1. The van der Waals surface area contributed by atoms with E-state index < -0.39 is 5.60 Å². The zero-order valence-corrected chi connectivity index (χ0v) is 8.98. The highest BCUT2D eigenvalue weighted by molar-refractivity contribution is 5.66. The third-order valence-electron chi connectivity index (χ3n) is 2.17. The number of methoxy groups -OCH3 is 2. The van der Waals surface area contributed by atoms with Gasteiger partial charge in [0.1, 0.15) is 17.1 Å². The summed E-state index contributed by atoms with van der Waals surface area (Å²) in [6.07, 6.45) is 0.473. The van der Waals surface area contributed by atoms with Crippen LogP contribution in [0.5, 0.6) is 11.5 Å². The van der Waals surface area contributed by atoms with E-state index in [1.165, 1.54) is 21.1 Å². The van der Waals surface area contributed by atoms with E-state index in [2.05, 4.69) is 0 Å². The van der Waals surface area contributed by atoms with Gasteiger partial charge in [-0.3, -0.25) is 4.79 Å². The fourth-order valence-electron chi connectivity index (χ4n) is 1.17.